The number of nitrogens with one attached hydrogen (secondary N) is 1. The van der Waals surface area contributed by atoms with Crippen molar-refractivity contribution in [2.75, 3.05) is 17.8 Å². The highest BCUT2D eigenvalue weighted by molar-refractivity contribution is 9.09. The lowest BCUT2D eigenvalue weighted by Crippen LogP contribution is -2.13. The predicted molar refractivity (Wildman–Crippen MR) is 84.9 cm³/mol. The van der Waals surface area contributed by atoms with Gasteiger partial charge >= 0.3 is 0 Å². The van der Waals surface area contributed by atoms with E-state index in [0.29, 0.717) is 11.3 Å². The monoisotopic (exact) mass is 333 g/mol. The fourth-order valence-electron chi connectivity index (χ4n) is 1.89. The van der Waals surface area contributed by atoms with Gasteiger partial charge in [0, 0.05) is 11.0 Å². The minimum absolute atomic E-state index is 0.171. The predicted octanol–water partition coefficient (Wildman–Crippen LogP) is 3.88. The smallest absolute Gasteiger partial charge is 0.259 e. The zero-order chi connectivity index (χ0) is 14.4. The van der Waals surface area contributed by atoms with Crippen LogP contribution in [0.1, 0.15) is 15.9 Å². The van der Waals surface area contributed by atoms with E-state index in [9.17, 15) is 4.79 Å². The Morgan fingerprint density at radius 1 is 1.15 bits per heavy atom. The fraction of sp³-hybridized carbons (Fsp3) is 0.188. The number of benzene rings is 2. The Morgan fingerprint density at radius 3 is 2.50 bits per heavy atom. The highest BCUT2D eigenvalue weighted by Crippen LogP contribution is 2.19. The molecule has 4 heteroatoms. The molecule has 0 saturated carbocycles. The zero-order valence-electron chi connectivity index (χ0n) is 11.2. The van der Waals surface area contributed by atoms with E-state index in [1.165, 1.54) is 5.56 Å². The summed E-state index contributed by atoms with van der Waals surface area (Å²) in [5, 5.41) is 3.80. The van der Waals surface area contributed by atoms with E-state index in [2.05, 4.69) is 21.2 Å². The SMILES string of the molecule is COc1ccccc1C(=O)Nc1ccc(CCBr)cc1. The third-order valence-corrected chi connectivity index (χ3v) is 3.34. The summed E-state index contributed by atoms with van der Waals surface area (Å²) in [6.07, 6.45) is 0.973. The summed E-state index contributed by atoms with van der Waals surface area (Å²) in [6.45, 7) is 0. The van der Waals surface area contributed by atoms with Crippen molar-refractivity contribution in [2.45, 2.75) is 6.42 Å². The van der Waals surface area contributed by atoms with Crippen LogP contribution in [0.3, 0.4) is 0 Å². The van der Waals surface area contributed by atoms with Crippen molar-refractivity contribution in [3.63, 3.8) is 0 Å². The first kappa shape index (κ1) is 14.6. The molecule has 0 unspecified atom stereocenters. The second-order valence-corrected chi connectivity index (χ2v) is 5.08. The molecule has 0 aromatic heterocycles. The van der Waals surface area contributed by atoms with Crippen LogP contribution in [0.4, 0.5) is 5.69 Å². The second kappa shape index (κ2) is 7.10. The minimum atomic E-state index is -0.171. The van der Waals surface area contributed by atoms with Gasteiger partial charge in [-0.15, -0.1) is 0 Å². The number of hydrogen-bond acceptors (Lipinski definition) is 2. The third-order valence-electron chi connectivity index (χ3n) is 2.95. The highest BCUT2D eigenvalue weighted by atomic mass is 79.9. The molecule has 20 heavy (non-hydrogen) atoms. The van der Waals surface area contributed by atoms with Crippen LogP contribution in [0.15, 0.2) is 48.5 Å². The van der Waals surface area contributed by atoms with E-state index >= 15 is 0 Å². The molecule has 0 spiro atoms. The quantitative estimate of drug-likeness (QED) is 0.843. The third kappa shape index (κ3) is 3.61. The number of halogens is 1. The number of para-hydroxylation sites is 1. The summed E-state index contributed by atoms with van der Waals surface area (Å²) >= 11 is 3.41. The number of amides is 1. The average Bonchev–Trinajstić information content (AvgIpc) is 2.49. The molecule has 0 saturated heterocycles. The van der Waals surface area contributed by atoms with E-state index < -0.39 is 0 Å². The first-order valence-corrected chi connectivity index (χ1v) is 7.46. The van der Waals surface area contributed by atoms with E-state index in [-0.39, 0.29) is 5.91 Å². The Balaban J connectivity index is 2.11. The maximum atomic E-state index is 12.2. The lowest BCUT2D eigenvalue weighted by Gasteiger charge is -2.09. The maximum absolute atomic E-state index is 12.2. The van der Waals surface area contributed by atoms with Gasteiger partial charge in [0.25, 0.3) is 5.91 Å². The van der Waals surface area contributed by atoms with E-state index in [4.69, 9.17) is 4.74 Å². The van der Waals surface area contributed by atoms with Crippen LogP contribution in [0.25, 0.3) is 0 Å². The molecule has 0 bridgehead atoms. The van der Waals surface area contributed by atoms with E-state index in [0.717, 1.165) is 17.4 Å². The number of methoxy groups -OCH3 is 1. The minimum Gasteiger partial charge on any atom is -0.496 e. The van der Waals surface area contributed by atoms with Crippen molar-refractivity contribution in [3.05, 3.63) is 59.7 Å². The molecule has 0 fully saturated rings. The van der Waals surface area contributed by atoms with Gasteiger partial charge in [-0.1, -0.05) is 40.2 Å². The van der Waals surface area contributed by atoms with E-state index in [1.54, 1.807) is 19.2 Å². The van der Waals surface area contributed by atoms with Crippen LogP contribution in [-0.4, -0.2) is 18.3 Å². The molecule has 104 valence electrons. The fourth-order valence-corrected chi connectivity index (χ4v) is 2.35. The summed E-state index contributed by atoms with van der Waals surface area (Å²) in [7, 11) is 1.56. The average molecular weight is 334 g/mol. The number of carbonyl (C=O) groups is 1. The number of alkyl halides is 1. The van der Waals surface area contributed by atoms with Crippen molar-refractivity contribution in [1.29, 1.82) is 0 Å². The van der Waals surface area contributed by atoms with Crippen molar-refractivity contribution < 1.29 is 9.53 Å². The lowest BCUT2D eigenvalue weighted by atomic mass is 10.1. The van der Waals surface area contributed by atoms with Gasteiger partial charge in [0.2, 0.25) is 0 Å². The molecule has 0 aliphatic heterocycles. The van der Waals surface area contributed by atoms with Crippen molar-refractivity contribution in [3.8, 4) is 5.75 Å². The lowest BCUT2D eigenvalue weighted by molar-refractivity contribution is 0.102. The van der Waals surface area contributed by atoms with Crippen LogP contribution in [0.5, 0.6) is 5.75 Å². The molecule has 0 atom stereocenters. The van der Waals surface area contributed by atoms with Gasteiger partial charge in [-0.3, -0.25) is 4.79 Å². The summed E-state index contributed by atoms with van der Waals surface area (Å²) < 4.78 is 5.19. The molecule has 2 aromatic carbocycles. The standard InChI is InChI=1S/C16H16BrNO2/c1-20-15-5-3-2-4-14(15)16(19)18-13-8-6-12(7-9-13)10-11-17/h2-9H,10-11H2,1H3,(H,18,19). The Hall–Kier alpha value is -1.81. The van der Waals surface area contributed by atoms with Crippen molar-refractivity contribution >= 4 is 27.5 Å². The second-order valence-electron chi connectivity index (χ2n) is 4.29. The van der Waals surface area contributed by atoms with E-state index in [1.807, 2.05) is 36.4 Å². The summed E-state index contributed by atoms with van der Waals surface area (Å²) in [5.74, 6) is 0.400. The van der Waals surface area contributed by atoms with Crippen LogP contribution in [0.2, 0.25) is 0 Å². The van der Waals surface area contributed by atoms with Crippen LogP contribution in [-0.2, 0) is 6.42 Å². The molecule has 0 radical (unpaired) electrons. The van der Waals surface area contributed by atoms with Gasteiger partial charge in [-0.05, 0) is 36.2 Å². The van der Waals surface area contributed by atoms with Gasteiger partial charge in [0.15, 0.2) is 0 Å². The molecule has 0 aliphatic carbocycles. The highest BCUT2D eigenvalue weighted by Gasteiger charge is 2.11. The molecular formula is C16H16BrNO2. The van der Waals surface area contributed by atoms with Crippen LogP contribution >= 0.6 is 15.9 Å². The Labute approximate surface area is 127 Å². The first-order valence-electron chi connectivity index (χ1n) is 6.34. The van der Waals surface area contributed by atoms with Crippen LogP contribution in [0, 0.1) is 0 Å². The van der Waals surface area contributed by atoms with Gasteiger partial charge in [0.1, 0.15) is 5.75 Å². The molecule has 1 N–H and O–H groups in total. The van der Waals surface area contributed by atoms with Crippen molar-refractivity contribution in [1.82, 2.24) is 0 Å². The molecule has 0 aliphatic rings. The summed E-state index contributed by atoms with van der Waals surface area (Å²) in [6, 6.07) is 15.0. The maximum Gasteiger partial charge on any atom is 0.259 e. The summed E-state index contributed by atoms with van der Waals surface area (Å²) in [5.41, 5.74) is 2.54. The molecule has 3 nitrogen and oxygen atoms in total. The van der Waals surface area contributed by atoms with Gasteiger partial charge in [0.05, 0.1) is 12.7 Å². The Kier molecular flexibility index (Phi) is 5.18. The van der Waals surface area contributed by atoms with Gasteiger partial charge in [-0.2, -0.15) is 0 Å². The Morgan fingerprint density at radius 2 is 1.85 bits per heavy atom. The number of rotatable bonds is 5. The van der Waals surface area contributed by atoms with Gasteiger partial charge < -0.3 is 10.1 Å². The first-order chi connectivity index (χ1) is 9.74. The molecule has 2 rings (SSSR count). The molecule has 1 amide bonds. The normalized spacial score (nSPS) is 10.1. The number of hydrogen-bond donors (Lipinski definition) is 1. The Bertz CT molecular complexity index is 581. The van der Waals surface area contributed by atoms with Crippen LogP contribution < -0.4 is 10.1 Å². The summed E-state index contributed by atoms with van der Waals surface area (Å²) in [4.78, 5) is 12.2. The van der Waals surface area contributed by atoms with Gasteiger partial charge in [-0.25, -0.2) is 0 Å². The number of anilines is 1. The molecule has 0 heterocycles. The zero-order valence-corrected chi connectivity index (χ0v) is 12.8. The molecule has 2 aromatic rings. The number of aryl methyl sites for hydroxylation is 1. The molecular weight excluding hydrogens is 318 g/mol. The van der Waals surface area contributed by atoms with Crippen molar-refractivity contribution in [2.24, 2.45) is 0 Å². The topological polar surface area (TPSA) is 38.3 Å². The largest absolute Gasteiger partial charge is 0.496 e. The number of ether oxygens (including phenoxy) is 1. The number of carbonyl (C=O) groups excluding carboxylic acids is 1.